The SMILES string of the molecule is CNCC(=O)N[C@H](Cc1ccc(Cl)cc1)C(=O)N1CCC2(CC1)C(=O)N(CC(=O)NC1CCCCC1)CN2c1ccccc1. The summed E-state index contributed by atoms with van der Waals surface area (Å²) in [5.74, 6) is -0.645. The van der Waals surface area contributed by atoms with E-state index >= 15 is 0 Å². The van der Waals surface area contributed by atoms with Crippen LogP contribution in [0.1, 0.15) is 50.5 Å². The number of carbonyl (C=O) groups is 4. The van der Waals surface area contributed by atoms with Crippen LogP contribution >= 0.6 is 11.6 Å². The molecular formula is C33H43ClN6O4. The van der Waals surface area contributed by atoms with Crippen molar-refractivity contribution in [1.82, 2.24) is 25.8 Å². The number of hydrogen-bond donors (Lipinski definition) is 3. The molecule has 2 aromatic rings. The van der Waals surface area contributed by atoms with Crippen LogP contribution in [0.3, 0.4) is 0 Å². The third-order valence-corrected chi connectivity index (χ3v) is 9.36. The first kappa shape index (κ1) is 31.8. The largest absolute Gasteiger partial charge is 0.352 e. The summed E-state index contributed by atoms with van der Waals surface area (Å²) in [6.45, 7) is 1.14. The highest BCUT2D eigenvalue weighted by Gasteiger charge is 2.54. The standard InChI is InChI=1S/C33H43ClN6O4/c1-35-21-29(41)37-28(20-24-12-14-25(34)15-13-24)31(43)38-18-16-33(17-19-38)32(44)39(23-40(33)27-10-6-3-7-11-27)22-30(42)36-26-8-4-2-5-9-26/h3,6-7,10-15,26,28,35H,2,4-5,8-9,16-23H2,1H3,(H,36,42)(H,37,41)/t28-/m1/s1. The van der Waals surface area contributed by atoms with Gasteiger partial charge in [0.1, 0.15) is 18.1 Å². The van der Waals surface area contributed by atoms with Gasteiger partial charge in [-0.25, -0.2) is 0 Å². The molecule has 2 heterocycles. The van der Waals surface area contributed by atoms with Gasteiger partial charge >= 0.3 is 0 Å². The predicted octanol–water partition coefficient (Wildman–Crippen LogP) is 2.70. The smallest absolute Gasteiger partial charge is 0.250 e. The van der Waals surface area contributed by atoms with Crippen LogP contribution in [0.25, 0.3) is 0 Å². The lowest BCUT2D eigenvalue weighted by molar-refractivity contribution is -0.141. The molecule has 2 aliphatic heterocycles. The second-order valence-electron chi connectivity index (χ2n) is 12.1. The fourth-order valence-corrected chi connectivity index (χ4v) is 6.92. The van der Waals surface area contributed by atoms with E-state index in [9.17, 15) is 19.2 Å². The van der Waals surface area contributed by atoms with Crippen LogP contribution in [-0.4, -0.2) is 90.9 Å². The number of para-hydroxylation sites is 1. The number of halogens is 1. The van der Waals surface area contributed by atoms with E-state index < -0.39 is 11.6 Å². The van der Waals surface area contributed by atoms with Crippen molar-refractivity contribution in [3.63, 3.8) is 0 Å². The second kappa shape index (κ2) is 14.4. The van der Waals surface area contributed by atoms with Crippen molar-refractivity contribution in [3.05, 3.63) is 65.2 Å². The Kier molecular flexibility index (Phi) is 10.4. The molecule has 3 aliphatic rings. The molecule has 2 saturated heterocycles. The van der Waals surface area contributed by atoms with Gasteiger partial charge in [0.15, 0.2) is 0 Å². The zero-order chi connectivity index (χ0) is 31.1. The van der Waals surface area contributed by atoms with Crippen molar-refractivity contribution in [3.8, 4) is 0 Å². The number of benzene rings is 2. The van der Waals surface area contributed by atoms with E-state index in [1.54, 1.807) is 29.0 Å². The van der Waals surface area contributed by atoms with Gasteiger partial charge in [0.2, 0.25) is 17.7 Å². The third-order valence-electron chi connectivity index (χ3n) is 9.11. The average molecular weight is 623 g/mol. The summed E-state index contributed by atoms with van der Waals surface area (Å²) < 4.78 is 0. The molecule has 1 aliphatic carbocycles. The highest BCUT2D eigenvalue weighted by molar-refractivity contribution is 6.30. The fraction of sp³-hybridized carbons (Fsp3) is 0.515. The highest BCUT2D eigenvalue weighted by Crippen LogP contribution is 2.39. The van der Waals surface area contributed by atoms with Crippen LogP contribution in [-0.2, 0) is 25.6 Å². The summed E-state index contributed by atoms with van der Waals surface area (Å²) in [5.41, 5.74) is 0.940. The summed E-state index contributed by atoms with van der Waals surface area (Å²) in [6.07, 6.45) is 6.58. The maximum Gasteiger partial charge on any atom is 0.250 e. The Morgan fingerprint density at radius 2 is 1.64 bits per heavy atom. The number of piperidine rings is 1. The number of amides is 4. The molecule has 236 valence electrons. The van der Waals surface area contributed by atoms with E-state index in [1.807, 2.05) is 42.5 Å². The van der Waals surface area contributed by atoms with E-state index in [0.29, 0.717) is 44.0 Å². The molecule has 0 bridgehead atoms. The van der Waals surface area contributed by atoms with Gasteiger partial charge in [0.05, 0.1) is 13.2 Å². The summed E-state index contributed by atoms with van der Waals surface area (Å²) in [4.78, 5) is 59.0. The first-order valence-corrected chi connectivity index (χ1v) is 16.1. The van der Waals surface area contributed by atoms with Crippen molar-refractivity contribution in [2.75, 3.05) is 44.8 Å². The predicted molar refractivity (Wildman–Crippen MR) is 170 cm³/mol. The van der Waals surface area contributed by atoms with Crippen molar-refractivity contribution >= 4 is 40.9 Å². The van der Waals surface area contributed by atoms with Crippen LogP contribution in [0.5, 0.6) is 0 Å². The number of nitrogens with one attached hydrogen (secondary N) is 3. The molecule has 11 heteroatoms. The van der Waals surface area contributed by atoms with Crippen LogP contribution in [0.2, 0.25) is 5.02 Å². The van der Waals surface area contributed by atoms with E-state index in [4.69, 9.17) is 11.6 Å². The third kappa shape index (κ3) is 7.35. The molecule has 0 aromatic heterocycles. The maximum absolute atomic E-state index is 14.1. The van der Waals surface area contributed by atoms with Crippen molar-refractivity contribution < 1.29 is 19.2 Å². The molecule has 1 spiro atoms. The Hall–Kier alpha value is -3.63. The Morgan fingerprint density at radius 3 is 2.30 bits per heavy atom. The van der Waals surface area contributed by atoms with Crippen LogP contribution in [0, 0.1) is 0 Å². The van der Waals surface area contributed by atoms with Gasteiger partial charge in [0, 0.05) is 36.3 Å². The lowest BCUT2D eigenvalue weighted by Gasteiger charge is -2.44. The molecule has 2 aromatic carbocycles. The van der Waals surface area contributed by atoms with Gasteiger partial charge in [-0.15, -0.1) is 0 Å². The van der Waals surface area contributed by atoms with Gasteiger partial charge < -0.3 is 30.7 Å². The van der Waals surface area contributed by atoms with Crippen LogP contribution in [0.15, 0.2) is 54.6 Å². The monoisotopic (exact) mass is 622 g/mol. The first-order valence-electron chi connectivity index (χ1n) is 15.7. The summed E-state index contributed by atoms with van der Waals surface area (Å²) in [7, 11) is 1.68. The van der Waals surface area contributed by atoms with Crippen LogP contribution in [0.4, 0.5) is 5.69 Å². The zero-order valence-corrected chi connectivity index (χ0v) is 26.2. The van der Waals surface area contributed by atoms with Gasteiger partial charge in [0.25, 0.3) is 5.91 Å². The molecule has 10 nitrogen and oxygen atoms in total. The Balaban J connectivity index is 1.30. The number of carbonyl (C=O) groups excluding carboxylic acids is 4. The fourth-order valence-electron chi connectivity index (χ4n) is 6.80. The lowest BCUT2D eigenvalue weighted by Crippen LogP contribution is -2.60. The van der Waals surface area contributed by atoms with Gasteiger partial charge in [-0.1, -0.05) is 61.2 Å². The Labute approximate surface area is 264 Å². The molecular weight excluding hydrogens is 580 g/mol. The number of likely N-dealkylation sites (N-methyl/N-ethyl adjacent to an activating group) is 1. The minimum absolute atomic E-state index is 0.0176. The minimum Gasteiger partial charge on any atom is -0.352 e. The molecule has 4 amide bonds. The van der Waals surface area contributed by atoms with E-state index in [1.165, 1.54) is 6.42 Å². The average Bonchev–Trinajstić information content (AvgIpc) is 3.29. The number of hydrogen-bond acceptors (Lipinski definition) is 6. The molecule has 0 radical (unpaired) electrons. The summed E-state index contributed by atoms with van der Waals surface area (Å²) >= 11 is 6.06. The zero-order valence-electron chi connectivity index (χ0n) is 25.4. The van der Waals surface area contributed by atoms with Gasteiger partial charge in [-0.3, -0.25) is 19.2 Å². The normalized spacial score (nSPS) is 19.2. The molecule has 44 heavy (non-hydrogen) atoms. The maximum atomic E-state index is 14.1. The minimum atomic E-state index is -0.857. The molecule has 1 saturated carbocycles. The summed E-state index contributed by atoms with van der Waals surface area (Å²) in [5, 5.41) is 9.46. The van der Waals surface area contributed by atoms with Gasteiger partial charge in [-0.05, 0) is 62.6 Å². The number of anilines is 1. The van der Waals surface area contributed by atoms with Crippen molar-refractivity contribution in [2.24, 2.45) is 0 Å². The van der Waals surface area contributed by atoms with Crippen molar-refractivity contribution in [1.29, 1.82) is 0 Å². The first-order chi connectivity index (χ1) is 21.3. The van der Waals surface area contributed by atoms with Crippen LogP contribution < -0.4 is 20.9 Å². The van der Waals surface area contributed by atoms with Crippen molar-refractivity contribution in [2.45, 2.75) is 69.0 Å². The van der Waals surface area contributed by atoms with E-state index in [2.05, 4.69) is 20.9 Å². The molecule has 3 fully saturated rings. The lowest BCUT2D eigenvalue weighted by atomic mass is 9.85. The Morgan fingerprint density at radius 1 is 0.955 bits per heavy atom. The summed E-state index contributed by atoms with van der Waals surface area (Å²) in [6, 6.07) is 16.5. The second-order valence-corrected chi connectivity index (χ2v) is 12.6. The molecule has 1 atom stereocenters. The Bertz CT molecular complexity index is 1310. The number of rotatable bonds is 10. The quantitative estimate of drug-likeness (QED) is 0.376. The topological polar surface area (TPSA) is 114 Å². The van der Waals surface area contributed by atoms with E-state index in [0.717, 1.165) is 36.9 Å². The molecule has 3 N–H and O–H groups in total. The molecule has 5 rings (SSSR count). The molecule has 0 unspecified atom stereocenters. The number of nitrogens with zero attached hydrogens (tertiary/aromatic N) is 3. The van der Waals surface area contributed by atoms with E-state index in [-0.39, 0.29) is 42.8 Å². The highest BCUT2D eigenvalue weighted by atomic mass is 35.5. The van der Waals surface area contributed by atoms with Gasteiger partial charge in [-0.2, -0.15) is 0 Å². The number of likely N-dealkylation sites (tertiary alicyclic amines) is 1.